The SMILES string of the molecule is C[C@H](O)[C@H](C)OO. The average Bonchev–Trinajstić information content (AvgIpc) is 1.65. The highest BCUT2D eigenvalue weighted by atomic mass is 17.1. The molecule has 0 fully saturated rings. The van der Waals surface area contributed by atoms with Crippen LogP contribution in [0.3, 0.4) is 0 Å². The summed E-state index contributed by atoms with van der Waals surface area (Å²) in [6.07, 6.45) is -1.09. The van der Waals surface area contributed by atoms with Crippen molar-refractivity contribution in [1.82, 2.24) is 0 Å². The molecule has 3 nitrogen and oxygen atoms in total. The summed E-state index contributed by atoms with van der Waals surface area (Å²) in [6, 6.07) is 0. The van der Waals surface area contributed by atoms with Crippen molar-refractivity contribution in [1.29, 1.82) is 0 Å². The topological polar surface area (TPSA) is 49.7 Å². The van der Waals surface area contributed by atoms with Crippen molar-refractivity contribution in [3.8, 4) is 0 Å². The van der Waals surface area contributed by atoms with Crippen LogP contribution < -0.4 is 0 Å². The van der Waals surface area contributed by atoms with Crippen molar-refractivity contribution in [3.63, 3.8) is 0 Å². The quantitative estimate of drug-likeness (QED) is 0.391. The molecule has 0 saturated carbocycles. The summed E-state index contributed by atoms with van der Waals surface area (Å²) in [5, 5.41) is 16.4. The predicted molar refractivity (Wildman–Crippen MR) is 24.9 cm³/mol. The van der Waals surface area contributed by atoms with Crippen LogP contribution in [0, 0.1) is 0 Å². The Morgan fingerprint density at radius 3 is 1.86 bits per heavy atom. The zero-order valence-electron chi connectivity index (χ0n) is 4.46. The van der Waals surface area contributed by atoms with E-state index in [9.17, 15) is 0 Å². The first kappa shape index (κ1) is 6.88. The lowest BCUT2D eigenvalue weighted by Crippen LogP contribution is -2.20. The molecule has 0 heterocycles. The minimum atomic E-state index is -0.606. The molecule has 0 rings (SSSR count). The van der Waals surface area contributed by atoms with E-state index in [0.29, 0.717) is 0 Å². The van der Waals surface area contributed by atoms with Crippen molar-refractivity contribution in [2.75, 3.05) is 0 Å². The minimum absolute atomic E-state index is 0.486. The molecule has 44 valence electrons. The Kier molecular flexibility index (Phi) is 2.91. The highest BCUT2D eigenvalue weighted by molar-refractivity contribution is 4.52. The molecule has 0 unspecified atom stereocenters. The van der Waals surface area contributed by atoms with Gasteiger partial charge in [-0.25, -0.2) is 4.89 Å². The fourth-order valence-corrected chi connectivity index (χ4v) is 0.0881. The first-order valence-electron chi connectivity index (χ1n) is 2.16. The van der Waals surface area contributed by atoms with Gasteiger partial charge in [0, 0.05) is 0 Å². The molecule has 0 aromatic carbocycles. The van der Waals surface area contributed by atoms with Gasteiger partial charge >= 0.3 is 0 Å². The molecule has 2 atom stereocenters. The van der Waals surface area contributed by atoms with Gasteiger partial charge in [-0.15, -0.1) is 0 Å². The summed E-state index contributed by atoms with van der Waals surface area (Å²) in [4.78, 5) is 3.76. The van der Waals surface area contributed by atoms with Gasteiger partial charge in [-0.05, 0) is 13.8 Å². The molecule has 0 aliphatic rings. The lowest BCUT2D eigenvalue weighted by atomic mass is 10.3. The van der Waals surface area contributed by atoms with Crippen LogP contribution in [-0.4, -0.2) is 22.6 Å². The Bertz CT molecular complexity index is 44.2. The summed E-state index contributed by atoms with van der Waals surface area (Å²) in [5.41, 5.74) is 0. The third-order valence-electron chi connectivity index (χ3n) is 0.846. The van der Waals surface area contributed by atoms with Gasteiger partial charge in [0.25, 0.3) is 0 Å². The molecule has 3 heteroatoms. The van der Waals surface area contributed by atoms with Crippen LogP contribution in [0.1, 0.15) is 13.8 Å². The molecule has 0 saturated heterocycles. The highest BCUT2D eigenvalue weighted by Crippen LogP contribution is 1.92. The Hall–Kier alpha value is -0.120. The molecular weight excluding hydrogens is 96.0 g/mol. The second-order valence-corrected chi connectivity index (χ2v) is 1.55. The molecule has 2 N–H and O–H groups in total. The molecule has 0 radical (unpaired) electrons. The van der Waals surface area contributed by atoms with Crippen molar-refractivity contribution in [2.45, 2.75) is 26.1 Å². The lowest BCUT2D eigenvalue weighted by Gasteiger charge is -2.08. The monoisotopic (exact) mass is 106 g/mol. The molecule has 0 amide bonds. The van der Waals surface area contributed by atoms with E-state index in [-0.39, 0.29) is 0 Å². The van der Waals surface area contributed by atoms with Crippen LogP contribution in [-0.2, 0) is 4.89 Å². The van der Waals surface area contributed by atoms with Crippen LogP contribution in [0.25, 0.3) is 0 Å². The van der Waals surface area contributed by atoms with E-state index in [1.54, 1.807) is 13.8 Å². The Morgan fingerprint density at radius 1 is 1.43 bits per heavy atom. The van der Waals surface area contributed by atoms with E-state index >= 15 is 0 Å². The van der Waals surface area contributed by atoms with Gasteiger partial charge in [-0.3, -0.25) is 5.26 Å². The number of hydrogen-bond donors (Lipinski definition) is 2. The summed E-state index contributed by atoms with van der Waals surface area (Å²) in [5.74, 6) is 0. The van der Waals surface area contributed by atoms with E-state index in [2.05, 4.69) is 4.89 Å². The van der Waals surface area contributed by atoms with Crippen molar-refractivity contribution in [2.24, 2.45) is 0 Å². The summed E-state index contributed by atoms with van der Waals surface area (Å²) >= 11 is 0. The van der Waals surface area contributed by atoms with Gasteiger partial charge < -0.3 is 5.11 Å². The smallest absolute Gasteiger partial charge is 0.115 e. The number of aliphatic hydroxyl groups excluding tert-OH is 1. The van der Waals surface area contributed by atoms with Crippen LogP contribution in [0.2, 0.25) is 0 Å². The third kappa shape index (κ3) is 2.56. The molecule has 0 aromatic heterocycles. The Morgan fingerprint density at radius 2 is 1.86 bits per heavy atom. The van der Waals surface area contributed by atoms with Gasteiger partial charge in [0.1, 0.15) is 6.10 Å². The zero-order valence-corrected chi connectivity index (χ0v) is 4.46. The maximum absolute atomic E-state index is 8.54. The average molecular weight is 106 g/mol. The van der Waals surface area contributed by atoms with E-state index in [1.807, 2.05) is 0 Å². The molecule has 0 aromatic rings. The molecular formula is C4H10O3. The minimum Gasteiger partial charge on any atom is -0.391 e. The highest BCUT2D eigenvalue weighted by Gasteiger charge is 2.06. The predicted octanol–water partition coefficient (Wildman–Crippen LogP) is 0.245. The van der Waals surface area contributed by atoms with Gasteiger partial charge in [0.15, 0.2) is 0 Å². The van der Waals surface area contributed by atoms with E-state index < -0.39 is 12.2 Å². The van der Waals surface area contributed by atoms with Gasteiger partial charge in [0.05, 0.1) is 6.10 Å². The number of rotatable bonds is 2. The molecule has 0 aliphatic heterocycles. The van der Waals surface area contributed by atoms with Gasteiger partial charge in [-0.1, -0.05) is 0 Å². The molecule has 0 spiro atoms. The largest absolute Gasteiger partial charge is 0.391 e. The van der Waals surface area contributed by atoms with E-state index in [0.717, 1.165) is 0 Å². The van der Waals surface area contributed by atoms with E-state index in [4.69, 9.17) is 10.4 Å². The summed E-state index contributed by atoms with van der Waals surface area (Å²) in [7, 11) is 0. The normalized spacial score (nSPS) is 18.9. The lowest BCUT2D eigenvalue weighted by molar-refractivity contribution is -0.289. The zero-order chi connectivity index (χ0) is 5.86. The second-order valence-electron chi connectivity index (χ2n) is 1.55. The van der Waals surface area contributed by atoms with Gasteiger partial charge in [0.2, 0.25) is 0 Å². The molecule has 7 heavy (non-hydrogen) atoms. The fraction of sp³-hybridized carbons (Fsp3) is 1.00. The van der Waals surface area contributed by atoms with Crippen LogP contribution in [0.5, 0.6) is 0 Å². The maximum Gasteiger partial charge on any atom is 0.115 e. The standard InChI is InChI=1S/C4H10O3/c1-3(5)4(2)7-6/h3-6H,1-2H3/t3-,4-/m0/s1. The van der Waals surface area contributed by atoms with Crippen LogP contribution in [0.15, 0.2) is 0 Å². The fourth-order valence-electron chi connectivity index (χ4n) is 0.0881. The number of hydrogen-bond acceptors (Lipinski definition) is 3. The molecule has 0 bridgehead atoms. The maximum atomic E-state index is 8.54. The Labute approximate surface area is 42.5 Å². The first-order chi connectivity index (χ1) is 3.18. The van der Waals surface area contributed by atoms with Crippen molar-refractivity contribution >= 4 is 0 Å². The first-order valence-corrected chi connectivity index (χ1v) is 2.16. The van der Waals surface area contributed by atoms with E-state index in [1.165, 1.54) is 0 Å². The second kappa shape index (κ2) is 2.96. The third-order valence-corrected chi connectivity index (χ3v) is 0.846. The van der Waals surface area contributed by atoms with Crippen molar-refractivity contribution in [3.05, 3.63) is 0 Å². The van der Waals surface area contributed by atoms with Crippen LogP contribution >= 0.6 is 0 Å². The number of aliphatic hydroxyl groups is 1. The molecule has 0 aliphatic carbocycles. The van der Waals surface area contributed by atoms with Crippen molar-refractivity contribution < 1.29 is 15.3 Å². The summed E-state index contributed by atoms with van der Waals surface area (Å²) in [6.45, 7) is 3.12. The Balaban J connectivity index is 3.14. The van der Waals surface area contributed by atoms with Gasteiger partial charge in [-0.2, -0.15) is 0 Å². The summed E-state index contributed by atoms with van der Waals surface area (Å²) < 4.78 is 0. The van der Waals surface area contributed by atoms with Crippen LogP contribution in [0.4, 0.5) is 0 Å².